The van der Waals surface area contributed by atoms with E-state index in [1.807, 2.05) is 30.5 Å². The topological polar surface area (TPSA) is 58.7 Å². The summed E-state index contributed by atoms with van der Waals surface area (Å²) < 4.78 is 0. The van der Waals surface area contributed by atoms with E-state index in [0.717, 1.165) is 10.4 Å². The highest BCUT2D eigenvalue weighted by molar-refractivity contribution is 7.11. The second kappa shape index (κ2) is 6.27. The number of carbonyl (C=O) groups is 1. The van der Waals surface area contributed by atoms with Crippen molar-refractivity contribution in [3.63, 3.8) is 0 Å². The molecule has 26 heavy (non-hydrogen) atoms. The smallest absolute Gasteiger partial charge is 0.241 e. The Morgan fingerprint density at radius 3 is 2.38 bits per heavy atom. The van der Waals surface area contributed by atoms with Gasteiger partial charge >= 0.3 is 0 Å². The summed E-state index contributed by atoms with van der Waals surface area (Å²) in [4.78, 5) is 20.3. The molecule has 0 unspecified atom stereocenters. The van der Waals surface area contributed by atoms with Crippen molar-refractivity contribution in [1.29, 1.82) is 0 Å². The van der Waals surface area contributed by atoms with Crippen LogP contribution in [-0.4, -0.2) is 31.7 Å². The third-order valence-electron chi connectivity index (χ3n) is 5.16. The van der Waals surface area contributed by atoms with Crippen molar-refractivity contribution < 1.29 is 4.79 Å². The van der Waals surface area contributed by atoms with Crippen LogP contribution in [-0.2, 0) is 15.6 Å². The molecule has 2 radical (unpaired) electrons. The maximum absolute atomic E-state index is 13.3. The molecule has 134 valence electrons. The van der Waals surface area contributed by atoms with Gasteiger partial charge in [-0.25, -0.2) is 4.99 Å². The Labute approximate surface area is 160 Å². The third kappa shape index (κ3) is 2.96. The summed E-state index contributed by atoms with van der Waals surface area (Å²) in [5.41, 5.74) is 8.05. The van der Waals surface area contributed by atoms with Crippen LogP contribution >= 0.6 is 11.3 Å². The second-order valence-electron chi connectivity index (χ2n) is 8.07. The van der Waals surface area contributed by atoms with Crippen molar-refractivity contribution in [3.05, 3.63) is 51.7 Å². The minimum Gasteiger partial charge on any atom is -0.369 e. The van der Waals surface area contributed by atoms with Crippen molar-refractivity contribution in [2.75, 3.05) is 7.05 Å². The molecule has 2 heterocycles. The van der Waals surface area contributed by atoms with E-state index in [0.29, 0.717) is 5.46 Å². The molecule has 1 aromatic carbocycles. The quantitative estimate of drug-likeness (QED) is 0.832. The molecule has 0 saturated carbocycles. The number of likely N-dealkylation sites (N-methyl/N-ethyl adjacent to an activating group) is 1. The van der Waals surface area contributed by atoms with Crippen LogP contribution < -0.4 is 11.2 Å². The molecule has 1 aliphatic rings. The summed E-state index contributed by atoms with van der Waals surface area (Å²) in [6.45, 7) is 8.46. The molecule has 1 aromatic heterocycles. The van der Waals surface area contributed by atoms with Crippen molar-refractivity contribution in [1.82, 2.24) is 4.90 Å². The minimum absolute atomic E-state index is 0.0526. The normalized spacial score (nSPS) is 23.9. The van der Waals surface area contributed by atoms with E-state index in [-0.39, 0.29) is 17.3 Å². The first kappa shape index (κ1) is 18.7. The van der Waals surface area contributed by atoms with Gasteiger partial charge in [-0.2, -0.15) is 0 Å². The Morgan fingerprint density at radius 1 is 1.27 bits per heavy atom. The molecule has 0 fully saturated rings. The number of hydrogen-bond donors (Lipinski definition) is 1. The Bertz CT molecular complexity index is 866. The fourth-order valence-electron chi connectivity index (χ4n) is 3.38. The maximum atomic E-state index is 13.3. The van der Waals surface area contributed by atoms with Crippen LogP contribution in [0, 0.1) is 0 Å². The molecule has 1 aliphatic heterocycles. The first-order chi connectivity index (χ1) is 12.0. The molecule has 3 rings (SSSR count). The number of aliphatic imine (C=N–C) groups is 1. The number of rotatable bonds is 2. The summed E-state index contributed by atoms with van der Waals surface area (Å²) in [5.74, 6) is 0.168. The van der Waals surface area contributed by atoms with E-state index in [9.17, 15) is 4.79 Å². The maximum Gasteiger partial charge on any atom is 0.241 e. The highest BCUT2D eigenvalue weighted by Gasteiger charge is 2.49. The van der Waals surface area contributed by atoms with Gasteiger partial charge in [-0.05, 0) is 28.8 Å². The van der Waals surface area contributed by atoms with E-state index in [1.54, 1.807) is 7.05 Å². The number of amides is 1. The number of carbonyl (C=O) groups excluding carboxylic acids is 1. The minimum atomic E-state index is -0.842. The van der Waals surface area contributed by atoms with Gasteiger partial charge in [0.25, 0.3) is 0 Å². The summed E-state index contributed by atoms with van der Waals surface area (Å²) in [6, 6.07) is 9.74. The van der Waals surface area contributed by atoms with Crippen LogP contribution in [0.1, 0.15) is 49.7 Å². The summed E-state index contributed by atoms with van der Waals surface area (Å²) >= 11 is 1.51. The van der Waals surface area contributed by atoms with Gasteiger partial charge in [0.1, 0.15) is 13.9 Å². The fourth-order valence-corrected chi connectivity index (χ4v) is 4.34. The average molecular weight is 365 g/mol. The average Bonchev–Trinajstić information content (AvgIpc) is 3.01. The highest BCUT2D eigenvalue weighted by Crippen LogP contribution is 2.45. The molecule has 0 saturated heterocycles. The predicted molar refractivity (Wildman–Crippen MR) is 109 cm³/mol. The van der Waals surface area contributed by atoms with Gasteiger partial charge in [0, 0.05) is 11.9 Å². The standard InChI is InChI=1S/C20H24BN3OS/c1-19(2,3)12-6-8-13(9-7-12)20(4)16(15-10-14(21)11-26-15)23-18(22)24(5)17(20)25/h6-11,16H,1-5H3,(H2,22,23)/t16-,20+/m1/s1. The van der Waals surface area contributed by atoms with Gasteiger partial charge in [0.15, 0.2) is 5.96 Å². The number of nitrogens with zero attached hydrogens (tertiary/aromatic N) is 2. The lowest BCUT2D eigenvalue weighted by Crippen LogP contribution is -2.55. The van der Waals surface area contributed by atoms with Crippen LogP contribution in [0.4, 0.5) is 0 Å². The zero-order valence-electron chi connectivity index (χ0n) is 15.9. The highest BCUT2D eigenvalue weighted by atomic mass is 32.1. The molecule has 2 N–H and O–H groups in total. The summed E-state index contributed by atoms with van der Waals surface area (Å²) in [5, 5.41) is 1.87. The molecule has 0 bridgehead atoms. The molecule has 6 heteroatoms. The van der Waals surface area contributed by atoms with Crippen molar-refractivity contribution in [2.45, 2.75) is 44.6 Å². The number of benzene rings is 1. The van der Waals surface area contributed by atoms with Gasteiger partial charge in [0.2, 0.25) is 5.91 Å². The molecular weight excluding hydrogens is 341 g/mol. The molecular formula is C20H24BN3OS. The molecule has 4 nitrogen and oxygen atoms in total. The zero-order chi connectivity index (χ0) is 19.3. The number of hydrogen-bond acceptors (Lipinski definition) is 4. The zero-order valence-corrected chi connectivity index (χ0v) is 16.7. The van der Waals surface area contributed by atoms with Crippen molar-refractivity contribution in [2.24, 2.45) is 10.7 Å². The third-order valence-corrected chi connectivity index (χ3v) is 6.16. The molecule has 0 aliphatic carbocycles. The van der Waals surface area contributed by atoms with Gasteiger partial charge in [-0.15, -0.1) is 11.3 Å². The lowest BCUT2D eigenvalue weighted by Gasteiger charge is -2.41. The second-order valence-corrected chi connectivity index (χ2v) is 9.01. The first-order valence-corrected chi connectivity index (χ1v) is 9.49. The molecule has 2 aromatic rings. The van der Waals surface area contributed by atoms with Gasteiger partial charge in [-0.3, -0.25) is 9.69 Å². The van der Waals surface area contributed by atoms with Gasteiger partial charge in [-0.1, -0.05) is 56.6 Å². The Morgan fingerprint density at radius 2 is 1.88 bits per heavy atom. The Kier molecular flexibility index (Phi) is 4.51. The number of thiophene rings is 1. The predicted octanol–water partition coefficient (Wildman–Crippen LogP) is 2.63. The lowest BCUT2D eigenvalue weighted by atomic mass is 9.72. The molecule has 2 atom stereocenters. The van der Waals surface area contributed by atoms with E-state index in [4.69, 9.17) is 13.6 Å². The summed E-state index contributed by atoms with van der Waals surface area (Å²) in [6.07, 6.45) is 0. The largest absolute Gasteiger partial charge is 0.369 e. The van der Waals surface area contributed by atoms with Gasteiger partial charge in [0.05, 0.1) is 5.41 Å². The van der Waals surface area contributed by atoms with Crippen molar-refractivity contribution in [3.8, 4) is 0 Å². The first-order valence-electron chi connectivity index (χ1n) is 8.61. The van der Waals surface area contributed by atoms with E-state index < -0.39 is 11.5 Å². The van der Waals surface area contributed by atoms with Crippen LogP contribution in [0.5, 0.6) is 0 Å². The van der Waals surface area contributed by atoms with Crippen LogP contribution in [0.3, 0.4) is 0 Å². The number of nitrogens with two attached hydrogens (primary N) is 1. The van der Waals surface area contributed by atoms with E-state index >= 15 is 0 Å². The molecule has 0 spiro atoms. The Balaban J connectivity index is 2.15. The van der Waals surface area contributed by atoms with Crippen LogP contribution in [0.2, 0.25) is 0 Å². The summed E-state index contributed by atoms with van der Waals surface area (Å²) in [7, 11) is 7.58. The number of guanidine groups is 1. The van der Waals surface area contributed by atoms with E-state index in [2.05, 4.69) is 37.9 Å². The molecule has 1 amide bonds. The van der Waals surface area contributed by atoms with Crippen LogP contribution in [0.25, 0.3) is 0 Å². The van der Waals surface area contributed by atoms with Crippen molar-refractivity contribution >= 4 is 36.5 Å². The SMILES string of the molecule is [B]c1csc([C@H]2N=C(N)N(C)C(=O)[C@@]2(C)c2ccc(C(C)(C)C)cc2)c1. The lowest BCUT2D eigenvalue weighted by molar-refractivity contribution is -0.133. The van der Waals surface area contributed by atoms with E-state index in [1.165, 1.54) is 21.8 Å². The monoisotopic (exact) mass is 365 g/mol. The van der Waals surface area contributed by atoms with Gasteiger partial charge < -0.3 is 5.73 Å². The van der Waals surface area contributed by atoms with Crippen LogP contribution in [0.15, 0.2) is 40.7 Å². The Hall–Kier alpha value is -2.08. The fraction of sp³-hybridized carbons (Fsp3) is 0.400.